The summed E-state index contributed by atoms with van der Waals surface area (Å²) in [5.41, 5.74) is 2.84. The van der Waals surface area contributed by atoms with Crippen molar-refractivity contribution in [1.29, 1.82) is 0 Å². The van der Waals surface area contributed by atoms with Gasteiger partial charge in [0.2, 0.25) is 5.13 Å². The molecule has 12 heteroatoms. The number of halogens is 1. The maximum absolute atomic E-state index is 12.1. The lowest BCUT2D eigenvalue weighted by atomic mass is 10.2. The zero-order valence-corrected chi connectivity index (χ0v) is 16.5. The Kier molecular flexibility index (Phi) is 4.58. The number of benzene rings is 1. The van der Waals surface area contributed by atoms with Crippen LogP contribution in [0.2, 0.25) is 5.02 Å². The first kappa shape index (κ1) is 18.2. The maximum Gasteiger partial charge on any atom is 0.277 e. The first-order valence-electron chi connectivity index (χ1n) is 8.54. The molecule has 3 N–H and O–H groups in total. The predicted molar refractivity (Wildman–Crippen MR) is 112 cm³/mol. The largest absolute Gasteiger partial charge is 0.451 e. The molecule has 0 unspecified atom stereocenters. The average molecular weight is 439 g/mol. The van der Waals surface area contributed by atoms with E-state index < -0.39 is 5.91 Å². The van der Waals surface area contributed by atoms with Gasteiger partial charge in [-0.25, -0.2) is 4.98 Å². The SMILES string of the molecule is O=C(Nc1cncc(-c2nsc(Nc3ccc4[nH]ncc4c3Cl)n2)c1)c1cocn1. The van der Waals surface area contributed by atoms with Gasteiger partial charge in [-0.3, -0.25) is 14.9 Å². The fourth-order valence-electron chi connectivity index (χ4n) is 2.74. The Hall–Kier alpha value is -3.83. The van der Waals surface area contributed by atoms with Crippen LogP contribution in [0.25, 0.3) is 22.3 Å². The summed E-state index contributed by atoms with van der Waals surface area (Å²) in [4.78, 5) is 24.6. The van der Waals surface area contributed by atoms with Gasteiger partial charge >= 0.3 is 0 Å². The highest BCUT2D eigenvalue weighted by Gasteiger charge is 2.13. The molecule has 1 aromatic carbocycles. The van der Waals surface area contributed by atoms with Crippen LogP contribution in [0.1, 0.15) is 10.5 Å². The standard InChI is InChI=1S/C18H11ClN8O2S/c19-15-11-6-22-26-12(11)1-2-13(15)24-18-25-16(27-30-18)9-3-10(5-20-4-9)23-17(28)14-7-29-8-21-14/h1-8H,(H,22,26)(H,23,28)(H,24,25,27). The molecule has 10 nitrogen and oxygen atoms in total. The van der Waals surface area contributed by atoms with Crippen LogP contribution in [0.3, 0.4) is 0 Å². The van der Waals surface area contributed by atoms with Crippen molar-refractivity contribution in [2.24, 2.45) is 0 Å². The van der Waals surface area contributed by atoms with Crippen LogP contribution in [0.4, 0.5) is 16.5 Å². The molecular weight excluding hydrogens is 428 g/mol. The minimum atomic E-state index is -0.402. The monoisotopic (exact) mass is 438 g/mol. The number of aromatic amines is 1. The molecule has 0 spiro atoms. The number of pyridine rings is 1. The number of H-pyrrole nitrogens is 1. The Morgan fingerprint density at radius 3 is 3.03 bits per heavy atom. The number of nitrogens with zero attached hydrogens (tertiary/aromatic N) is 5. The molecule has 0 radical (unpaired) electrons. The van der Waals surface area contributed by atoms with Gasteiger partial charge in [0.25, 0.3) is 5.91 Å². The molecule has 0 saturated heterocycles. The van der Waals surface area contributed by atoms with Crippen molar-refractivity contribution in [3.05, 3.63) is 60.2 Å². The molecule has 0 aliphatic heterocycles. The first-order chi connectivity index (χ1) is 14.7. The Morgan fingerprint density at radius 1 is 1.23 bits per heavy atom. The molecule has 30 heavy (non-hydrogen) atoms. The van der Waals surface area contributed by atoms with E-state index in [4.69, 9.17) is 16.0 Å². The van der Waals surface area contributed by atoms with Crippen molar-refractivity contribution in [1.82, 2.24) is 29.5 Å². The number of carbonyl (C=O) groups excluding carboxylic acids is 1. The highest BCUT2D eigenvalue weighted by Crippen LogP contribution is 2.33. The smallest absolute Gasteiger partial charge is 0.277 e. The van der Waals surface area contributed by atoms with Gasteiger partial charge in [0.1, 0.15) is 6.26 Å². The minimum Gasteiger partial charge on any atom is -0.451 e. The Bertz CT molecular complexity index is 1350. The van der Waals surface area contributed by atoms with E-state index in [1.807, 2.05) is 12.1 Å². The van der Waals surface area contributed by atoms with E-state index in [9.17, 15) is 4.79 Å². The second-order valence-corrected chi connectivity index (χ2v) is 7.23. The molecule has 0 saturated carbocycles. The predicted octanol–water partition coefficient (Wildman–Crippen LogP) is 4.11. The van der Waals surface area contributed by atoms with Crippen molar-refractivity contribution in [3.8, 4) is 11.4 Å². The summed E-state index contributed by atoms with van der Waals surface area (Å²) >= 11 is 7.62. The van der Waals surface area contributed by atoms with E-state index in [1.165, 1.54) is 30.4 Å². The van der Waals surface area contributed by atoms with Gasteiger partial charge in [0, 0.05) is 28.7 Å². The fraction of sp³-hybridized carbons (Fsp3) is 0. The summed E-state index contributed by atoms with van der Waals surface area (Å²) in [5, 5.41) is 14.7. The first-order valence-corrected chi connectivity index (χ1v) is 9.70. The van der Waals surface area contributed by atoms with E-state index in [2.05, 4.69) is 40.2 Å². The molecule has 5 rings (SSSR count). The summed E-state index contributed by atoms with van der Waals surface area (Å²) in [6.07, 6.45) is 7.25. The topological polar surface area (TPSA) is 135 Å². The zero-order valence-electron chi connectivity index (χ0n) is 15.0. The van der Waals surface area contributed by atoms with Crippen LogP contribution in [0.5, 0.6) is 0 Å². The van der Waals surface area contributed by atoms with Crippen LogP contribution in [-0.2, 0) is 0 Å². The van der Waals surface area contributed by atoms with Crippen molar-refractivity contribution in [2.45, 2.75) is 0 Å². The van der Waals surface area contributed by atoms with Gasteiger partial charge in [-0.2, -0.15) is 14.5 Å². The summed E-state index contributed by atoms with van der Waals surface area (Å²) in [5.74, 6) is 0.0635. The fourth-order valence-corrected chi connectivity index (χ4v) is 3.60. The van der Waals surface area contributed by atoms with Crippen LogP contribution in [0.15, 0.2) is 53.9 Å². The van der Waals surface area contributed by atoms with E-state index in [-0.39, 0.29) is 5.69 Å². The average Bonchev–Trinajstić information content (AvgIpc) is 3.52. The quantitative estimate of drug-likeness (QED) is 0.373. The van der Waals surface area contributed by atoms with Gasteiger partial charge in [-0.15, -0.1) is 0 Å². The molecule has 0 fully saturated rings. The number of rotatable bonds is 5. The molecule has 0 aliphatic rings. The number of carbonyl (C=O) groups is 1. The van der Waals surface area contributed by atoms with Crippen LogP contribution >= 0.6 is 23.1 Å². The van der Waals surface area contributed by atoms with Crippen molar-refractivity contribution in [2.75, 3.05) is 10.6 Å². The van der Waals surface area contributed by atoms with Crippen LogP contribution in [0, 0.1) is 0 Å². The number of oxazole rings is 1. The molecule has 4 heterocycles. The normalized spacial score (nSPS) is 11.0. The van der Waals surface area contributed by atoms with E-state index in [0.717, 1.165) is 10.9 Å². The number of hydrogen-bond acceptors (Lipinski definition) is 9. The highest BCUT2D eigenvalue weighted by atomic mass is 35.5. The molecule has 0 atom stereocenters. The van der Waals surface area contributed by atoms with Crippen molar-refractivity contribution < 1.29 is 9.21 Å². The third-order valence-corrected chi connectivity index (χ3v) is 5.18. The van der Waals surface area contributed by atoms with E-state index in [0.29, 0.717) is 32.9 Å². The summed E-state index contributed by atoms with van der Waals surface area (Å²) in [6.45, 7) is 0. The summed E-state index contributed by atoms with van der Waals surface area (Å²) in [6, 6.07) is 5.44. The van der Waals surface area contributed by atoms with Gasteiger partial charge in [0.05, 0.1) is 34.3 Å². The lowest BCUT2D eigenvalue weighted by molar-refractivity contribution is 0.102. The number of hydrogen-bond donors (Lipinski definition) is 3. The number of anilines is 3. The molecule has 1 amide bonds. The second kappa shape index (κ2) is 7.54. The van der Waals surface area contributed by atoms with Crippen LogP contribution in [-0.4, -0.2) is 35.4 Å². The van der Waals surface area contributed by atoms with Crippen molar-refractivity contribution in [3.63, 3.8) is 0 Å². The second-order valence-electron chi connectivity index (χ2n) is 6.10. The molecule has 4 aromatic heterocycles. The number of nitrogens with one attached hydrogen (secondary N) is 3. The summed E-state index contributed by atoms with van der Waals surface area (Å²) in [7, 11) is 0. The number of aromatic nitrogens is 6. The Balaban J connectivity index is 1.36. The van der Waals surface area contributed by atoms with Gasteiger partial charge in [-0.1, -0.05) is 11.6 Å². The molecule has 0 aliphatic carbocycles. The number of fused-ring (bicyclic) bond motifs is 1. The van der Waals surface area contributed by atoms with Gasteiger partial charge < -0.3 is 15.1 Å². The van der Waals surface area contributed by atoms with Gasteiger partial charge in [-0.05, 0) is 18.2 Å². The van der Waals surface area contributed by atoms with E-state index in [1.54, 1.807) is 18.5 Å². The Morgan fingerprint density at radius 2 is 2.17 bits per heavy atom. The van der Waals surface area contributed by atoms with Crippen LogP contribution < -0.4 is 10.6 Å². The maximum atomic E-state index is 12.1. The zero-order chi connectivity index (χ0) is 20.5. The lowest BCUT2D eigenvalue weighted by Crippen LogP contribution is -2.12. The van der Waals surface area contributed by atoms with Gasteiger partial charge in [0.15, 0.2) is 17.9 Å². The highest BCUT2D eigenvalue weighted by molar-refractivity contribution is 7.10. The van der Waals surface area contributed by atoms with Crippen molar-refractivity contribution >= 4 is 56.4 Å². The molecule has 0 bridgehead atoms. The number of amides is 1. The van der Waals surface area contributed by atoms with E-state index >= 15 is 0 Å². The molecular formula is C18H11ClN8O2S. The Labute approximate surface area is 177 Å². The minimum absolute atomic E-state index is 0.171. The lowest BCUT2D eigenvalue weighted by Gasteiger charge is -2.05. The third kappa shape index (κ3) is 3.47. The summed E-state index contributed by atoms with van der Waals surface area (Å²) < 4.78 is 9.18. The molecule has 148 valence electrons. The molecule has 5 aromatic rings. The third-order valence-electron chi connectivity index (χ3n) is 4.15.